The summed E-state index contributed by atoms with van der Waals surface area (Å²) < 4.78 is 0. The van der Waals surface area contributed by atoms with E-state index >= 15 is 0 Å². The van der Waals surface area contributed by atoms with Crippen molar-refractivity contribution in [3.05, 3.63) is 58.7 Å². The van der Waals surface area contributed by atoms with Crippen LogP contribution in [-0.4, -0.2) is 35.4 Å². The lowest BCUT2D eigenvalue weighted by Crippen LogP contribution is -2.32. The first-order valence-electron chi connectivity index (χ1n) is 8.60. The molecule has 0 aliphatic carbocycles. The van der Waals surface area contributed by atoms with E-state index < -0.39 is 0 Å². The van der Waals surface area contributed by atoms with Gasteiger partial charge in [-0.3, -0.25) is 9.69 Å². The molecule has 3 rings (SSSR count). The van der Waals surface area contributed by atoms with Gasteiger partial charge in [-0.2, -0.15) is 11.8 Å². The predicted molar refractivity (Wildman–Crippen MR) is 122 cm³/mol. The molecule has 4 nitrogen and oxygen atoms in total. The van der Waals surface area contributed by atoms with Crippen LogP contribution in [0, 0.1) is 13.8 Å². The number of aryl methyl sites for hydroxylation is 2. The number of nitrogens with two attached hydrogens (primary N) is 1. The zero-order chi connectivity index (χ0) is 17.8. The zero-order valence-electron chi connectivity index (χ0n) is 15.7. The van der Waals surface area contributed by atoms with Crippen molar-refractivity contribution in [2.45, 2.75) is 20.4 Å². The second-order valence-electron chi connectivity index (χ2n) is 6.57. The average molecular weight is 428 g/mol. The highest BCUT2D eigenvalue weighted by Gasteiger charge is 2.14. The van der Waals surface area contributed by atoms with Crippen molar-refractivity contribution in [1.82, 2.24) is 4.90 Å². The van der Waals surface area contributed by atoms with Crippen molar-refractivity contribution >= 4 is 53.9 Å². The quantitative estimate of drug-likeness (QED) is 0.703. The molecule has 0 unspecified atom stereocenters. The van der Waals surface area contributed by atoms with Crippen molar-refractivity contribution in [1.29, 1.82) is 0 Å². The van der Waals surface area contributed by atoms with Crippen molar-refractivity contribution < 1.29 is 4.79 Å². The summed E-state index contributed by atoms with van der Waals surface area (Å²) >= 11 is 2.01. The molecule has 1 saturated heterocycles. The molecule has 1 aliphatic rings. The molecule has 27 heavy (non-hydrogen) atoms. The minimum Gasteiger partial charge on any atom is -0.399 e. The maximum absolute atomic E-state index is 12.7. The molecule has 0 atom stereocenters. The Morgan fingerprint density at radius 1 is 1.07 bits per heavy atom. The van der Waals surface area contributed by atoms with Crippen molar-refractivity contribution in [2.75, 3.05) is 35.6 Å². The Kier molecular flexibility index (Phi) is 9.47. The Hall–Kier alpha value is -1.40. The third-order valence-corrected chi connectivity index (χ3v) is 5.51. The molecule has 3 N–H and O–H groups in total. The Morgan fingerprint density at radius 2 is 1.74 bits per heavy atom. The first-order chi connectivity index (χ1) is 12.0. The molecule has 1 fully saturated rings. The van der Waals surface area contributed by atoms with Gasteiger partial charge in [-0.15, -0.1) is 24.8 Å². The lowest BCUT2D eigenvalue weighted by molar-refractivity contribution is 0.102. The number of amides is 1. The van der Waals surface area contributed by atoms with Crippen LogP contribution in [0.1, 0.15) is 27.0 Å². The van der Waals surface area contributed by atoms with Gasteiger partial charge >= 0.3 is 0 Å². The molecule has 1 heterocycles. The van der Waals surface area contributed by atoms with E-state index in [-0.39, 0.29) is 30.7 Å². The Morgan fingerprint density at radius 3 is 2.44 bits per heavy atom. The summed E-state index contributed by atoms with van der Waals surface area (Å²) in [6, 6.07) is 11.7. The molecule has 2 aromatic carbocycles. The Labute approximate surface area is 178 Å². The minimum atomic E-state index is -0.112. The molecule has 0 bridgehead atoms. The summed E-state index contributed by atoms with van der Waals surface area (Å²) in [6.07, 6.45) is 0. The van der Waals surface area contributed by atoms with E-state index in [9.17, 15) is 4.79 Å². The monoisotopic (exact) mass is 427 g/mol. The molecule has 0 saturated carbocycles. The fourth-order valence-electron chi connectivity index (χ4n) is 2.99. The first kappa shape index (κ1) is 23.6. The lowest BCUT2D eigenvalue weighted by atomic mass is 10.1. The molecule has 7 heteroatoms. The van der Waals surface area contributed by atoms with E-state index in [1.807, 2.05) is 37.7 Å². The van der Waals surface area contributed by atoms with Crippen molar-refractivity contribution in [2.24, 2.45) is 0 Å². The maximum atomic E-state index is 12.7. The number of hydrogen-bond acceptors (Lipinski definition) is 4. The number of hydrogen-bond donors (Lipinski definition) is 2. The number of carbonyl (C=O) groups excluding carboxylic acids is 1. The largest absolute Gasteiger partial charge is 0.399 e. The van der Waals surface area contributed by atoms with Gasteiger partial charge in [0.25, 0.3) is 5.91 Å². The normalized spacial score (nSPS) is 14.0. The van der Waals surface area contributed by atoms with E-state index in [1.54, 1.807) is 6.07 Å². The van der Waals surface area contributed by atoms with E-state index in [0.717, 1.165) is 36.4 Å². The second-order valence-corrected chi connectivity index (χ2v) is 7.79. The topological polar surface area (TPSA) is 58.4 Å². The molecule has 0 spiro atoms. The fourth-order valence-corrected chi connectivity index (χ4v) is 3.97. The van der Waals surface area contributed by atoms with Crippen molar-refractivity contribution in [3.63, 3.8) is 0 Å². The van der Waals surface area contributed by atoms with Gasteiger partial charge in [0.15, 0.2) is 0 Å². The molecular weight excluding hydrogens is 401 g/mol. The van der Waals surface area contributed by atoms with Gasteiger partial charge in [0.05, 0.1) is 0 Å². The van der Waals surface area contributed by atoms with Gasteiger partial charge in [-0.25, -0.2) is 0 Å². The summed E-state index contributed by atoms with van der Waals surface area (Å²) in [5.41, 5.74) is 11.1. The summed E-state index contributed by atoms with van der Waals surface area (Å²) in [6.45, 7) is 7.13. The van der Waals surface area contributed by atoms with Crippen LogP contribution in [0.5, 0.6) is 0 Å². The van der Waals surface area contributed by atoms with Crippen LogP contribution >= 0.6 is 36.6 Å². The number of benzene rings is 2. The SMILES string of the molecule is Cc1ccc(CN2CCSCC2)cc1NC(=O)c1cc(N)ccc1C.Cl.Cl. The lowest BCUT2D eigenvalue weighted by Gasteiger charge is -2.26. The molecule has 2 aromatic rings. The van der Waals surface area contributed by atoms with Crippen LogP contribution in [0.25, 0.3) is 0 Å². The van der Waals surface area contributed by atoms with Crippen LogP contribution in [0.4, 0.5) is 11.4 Å². The number of carbonyl (C=O) groups is 1. The smallest absolute Gasteiger partial charge is 0.256 e. The Balaban J connectivity index is 0.00000182. The van der Waals surface area contributed by atoms with Crippen LogP contribution < -0.4 is 11.1 Å². The molecule has 0 aromatic heterocycles. The van der Waals surface area contributed by atoms with Crippen LogP contribution in [-0.2, 0) is 6.54 Å². The van der Waals surface area contributed by atoms with Crippen LogP contribution in [0.15, 0.2) is 36.4 Å². The van der Waals surface area contributed by atoms with Crippen molar-refractivity contribution in [3.8, 4) is 0 Å². The standard InChI is InChI=1S/C20H25N3OS.2ClH/c1-14-4-6-17(21)12-18(14)20(24)22-19-11-16(5-3-15(19)2)13-23-7-9-25-10-8-23;;/h3-6,11-12H,7-10,13,21H2,1-2H3,(H,22,24);2*1H. The highest BCUT2D eigenvalue weighted by atomic mass is 35.5. The number of anilines is 2. The molecule has 1 aliphatic heterocycles. The van der Waals surface area contributed by atoms with Gasteiger partial charge in [0.2, 0.25) is 0 Å². The third kappa shape index (κ3) is 6.32. The van der Waals surface area contributed by atoms with Crippen LogP contribution in [0.2, 0.25) is 0 Å². The molecule has 0 radical (unpaired) electrons. The van der Waals surface area contributed by atoms with Gasteiger partial charge in [-0.1, -0.05) is 18.2 Å². The molecule has 148 valence electrons. The van der Waals surface area contributed by atoms with E-state index in [4.69, 9.17) is 5.73 Å². The fraction of sp³-hybridized carbons (Fsp3) is 0.350. The minimum absolute atomic E-state index is 0. The number of thioether (sulfide) groups is 1. The summed E-state index contributed by atoms with van der Waals surface area (Å²) in [5.74, 6) is 2.29. The average Bonchev–Trinajstić information content (AvgIpc) is 2.61. The Bertz CT molecular complexity index is 780. The summed E-state index contributed by atoms with van der Waals surface area (Å²) in [5, 5.41) is 3.06. The highest BCUT2D eigenvalue weighted by molar-refractivity contribution is 7.99. The highest BCUT2D eigenvalue weighted by Crippen LogP contribution is 2.21. The molecule has 1 amide bonds. The third-order valence-electron chi connectivity index (χ3n) is 4.57. The van der Waals surface area contributed by atoms with Gasteiger partial charge in [0.1, 0.15) is 0 Å². The van der Waals surface area contributed by atoms with E-state index in [1.165, 1.54) is 17.1 Å². The number of nitrogens with zero attached hydrogens (tertiary/aromatic N) is 1. The van der Waals surface area contributed by atoms with E-state index in [2.05, 4.69) is 28.4 Å². The van der Waals surface area contributed by atoms with Gasteiger partial charge < -0.3 is 11.1 Å². The molecular formula is C20H27Cl2N3OS. The number of rotatable bonds is 4. The van der Waals surface area contributed by atoms with Crippen LogP contribution in [0.3, 0.4) is 0 Å². The first-order valence-corrected chi connectivity index (χ1v) is 9.75. The predicted octanol–water partition coefficient (Wildman–Crippen LogP) is 4.53. The van der Waals surface area contributed by atoms with Gasteiger partial charge in [0, 0.05) is 48.1 Å². The summed E-state index contributed by atoms with van der Waals surface area (Å²) in [7, 11) is 0. The van der Waals surface area contributed by atoms with E-state index in [0.29, 0.717) is 11.3 Å². The maximum Gasteiger partial charge on any atom is 0.256 e. The second kappa shape index (κ2) is 10.8. The zero-order valence-corrected chi connectivity index (χ0v) is 18.1. The summed E-state index contributed by atoms with van der Waals surface area (Å²) in [4.78, 5) is 15.1. The van der Waals surface area contributed by atoms with Gasteiger partial charge in [-0.05, 0) is 48.7 Å². The number of nitrogens with one attached hydrogen (secondary N) is 1. The number of nitrogen functional groups attached to an aromatic ring is 1. The number of halogens is 2.